The number of carbonyl (C=O) groups is 2. The number of aliphatic carboxylic acids is 1. The molecule has 7 heteroatoms. The Balaban J connectivity index is 2.17. The molecule has 1 N–H and O–H groups in total. The highest BCUT2D eigenvalue weighted by Crippen LogP contribution is 2.15. The zero-order chi connectivity index (χ0) is 17.7. The standard InChI is InChI=1S/C17H20ClN3O3/c1-12(2)10-20(8-7-16(22)23)17(24)13-9-19-21(11-13)15-5-3-14(18)4-6-15/h3-6,9,11-12H,7-8,10H2,1-2H3,(H,22,23). The molecule has 0 fully saturated rings. The van der Waals surface area contributed by atoms with Crippen molar-refractivity contribution in [2.75, 3.05) is 13.1 Å². The van der Waals surface area contributed by atoms with E-state index in [2.05, 4.69) is 5.10 Å². The van der Waals surface area contributed by atoms with Crippen LogP contribution in [-0.2, 0) is 4.79 Å². The third kappa shape index (κ3) is 4.83. The van der Waals surface area contributed by atoms with Gasteiger partial charge < -0.3 is 10.0 Å². The van der Waals surface area contributed by atoms with E-state index in [-0.39, 0.29) is 24.8 Å². The monoisotopic (exact) mass is 349 g/mol. The van der Waals surface area contributed by atoms with E-state index in [9.17, 15) is 9.59 Å². The zero-order valence-corrected chi connectivity index (χ0v) is 14.4. The summed E-state index contributed by atoms with van der Waals surface area (Å²) in [5.74, 6) is -0.896. The summed E-state index contributed by atoms with van der Waals surface area (Å²) < 4.78 is 1.59. The van der Waals surface area contributed by atoms with Crippen LogP contribution in [0.25, 0.3) is 5.69 Å². The first-order chi connectivity index (χ1) is 11.4. The Morgan fingerprint density at radius 2 is 1.96 bits per heavy atom. The normalized spacial score (nSPS) is 10.8. The van der Waals surface area contributed by atoms with Gasteiger partial charge in [0.2, 0.25) is 0 Å². The lowest BCUT2D eigenvalue weighted by molar-refractivity contribution is -0.137. The molecule has 0 aliphatic carbocycles. The average Bonchev–Trinajstić information content (AvgIpc) is 3.01. The molecule has 2 rings (SSSR count). The summed E-state index contributed by atoms with van der Waals surface area (Å²) >= 11 is 5.87. The maximum Gasteiger partial charge on any atom is 0.305 e. The molecule has 0 aliphatic heterocycles. The summed E-state index contributed by atoms with van der Waals surface area (Å²) in [5, 5.41) is 13.7. The Bertz CT molecular complexity index is 710. The molecule has 0 bridgehead atoms. The number of nitrogens with zero attached hydrogens (tertiary/aromatic N) is 3. The lowest BCUT2D eigenvalue weighted by Gasteiger charge is -2.23. The van der Waals surface area contributed by atoms with Crippen LogP contribution >= 0.6 is 11.6 Å². The number of carboxylic acids is 1. The quantitative estimate of drug-likeness (QED) is 0.833. The summed E-state index contributed by atoms with van der Waals surface area (Å²) in [5.41, 5.74) is 1.22. The number of benzene rings is 1. The number of carboxylic acid groups (broad SMARTS) is 1. The summed E-state index contributed by atoms with van der Waals surface area (Å²) in [6.45, 7) is 4.65. The van der Waals surface area contributed by atoms with E-state index in [0.29, 0.717) is 17.1 Å². The Kier molecular flexibility index (Phi) is 5.98. The molecule has 0 atom stereocenters. The van der Waals surface area contributed by atoms with E-state index >= 15 is 0 Å². The van der Waals surface area contributed by atoms with Crippen molar-refractivity contribution in [2.24, 2.45) is 5.92 Å². The van der Waals surface area contributed by atoms with Crippen molar-refractivity contribution in [2.45, 2.75) is 20.3 Å². The average molecular weight is 350 g/mol. The van der Waals surface area contributed by atoms with Crippen molar-refractivity contribution in [1.29, 1.82) is 0 Å². The topological polar surface area (TPSA) is 75.4 Å². The highest BCUT2D eigenvalue weighted by atomic mass is 35.5. The van der Waals surface area contributed by atoms with Crippen molar-refractivity contribution in [3.8, 4) is 5.69 Å². The van der Waals surface area contributed by atoms with Crippen LogP contribution in [0.2, 0.25) is 5.02 Å². The number of carbonyl (C=O) groups excluding carboxylic acids is 1. The molecule has 0 spiro atoms. The van der Waals surface area contributed by atoms with Gasteiger partial charge in [-0.2, -0.15) is 5.10 Å². The van der Waals surface area contributed by atoms with Crippen LogP contribution in [-0.4, -0.2) is 44.8 Å². The van der Waals surface area contributed by atoms with Gasteiger partial charge in [-0.15, -0.1) is 0 Å². The minimum absolute atomic E-state index is 0.0796. The molecule has 24 heavy (non-hydrogen) atoms. The number of aromatic nitrogens is 2. The third-order valence-corrected chi connectivity index (χ3v) is 3.64. The Labute approximate surface area is 145 Å². The molecule has 128 valence electrons. The van der Waals surface area contributed by atoms with E-state index in [4.69, 9.17) is 16.7 Å². The SMILES string of the molecule is CC(C)CN(CCC(=O)O)C(=O)c1cnn(-c2ccc(Cl)cc2)c1. The molecule has 1 aromatic heterocycles. The lowest BCUT2D eigenvalue weighted by atomic mass is 10.2. The molecule has 1 aromatic carbocycles. The summed E-state index contributed by atoms with van der Waals surface area (Å²) in [6, 6.07) is 7.11. The van der Waals surface area contributed by atoms with Gasteiger partial charge in [0.15, 0.2) is 0 Å². The second kappa shape index (κ2) is 7.97. The van der Waals surface area contributed by atoms with Gasteiger partial charge in [-0.1, -0.05) is 25.4 Å². The lowest BCUT2D eigenvalue weighted by Crippen LogP contribution is -2.35. The molecule has 0 unspecified atom stereocenters. The van der Waals surface area contributed by atoms with E-state index in [0.717, 1.165) is 5.69 Å². The van der Waals surface area contributed by atoms with Gasteiger partial charge in [-0.05, 0) is 30.2 Å². The van der Waals surface area contributed by atoms with Crippen molar-refractivity contribution >= 4 is 23.5 Å². The van der Waals surface area contributed by atoms with E-state index in [1.807, 2.05) is 13.8 Å². The van der Waals surface area contributed by atoms with E-state index < -0.39 is 5.97 Å². The van der Waals surface area contributed by atoms with Crippen LogP contribution in [0.1, 0.15) is 30.6 Å². The molecular formula is C17H20ClN3O3. The zero-order valence-electron chi connectivity index (χ0n) is 13.6. The molecule has 0 radical (unpaired) electrons. The maximum atomic E-state index is 12.7. The van der Waals surface area contributed by atoms with Crippen LogP contribution in [0.3, 0.4) is 0 Å². The second-order valence-electron chi connectivity index (χ2n) is 5.94. The predicted molar refractivity (Wildman–Crippen MR) is 91.6 cm³/mol. The van der Waals surface area contributed by atoms with Crippen molar-refractivity contribution in [3.05, 3.63) is 47.2 Å². The Hall–Kier alpha value is -2.34. The second-order valence-corrected chi connectivity index (χ2v) is 6.38. The van der Waals surface area contributed by atoms with Crippen molar-refractivity contribution in [1.82, 2.24) is 14.7 Å². The van der Waals surface area contributed by atoms with Gasteiger partial charge in [0.25, 0.3) is 5.91 Å². The number of rotatable bonds is 7. The Morgan fingerprint density at radius 3 is 2.54 bits per heavy atom. The first-order valence-corrected chi connectivity index (χ1v) is 8.06. The van der Waals surface area contributed by atoms with Crippen LogP contribution in [0.15, 0.2) is 36.7 Å². The van der Waals surface area contributed by atoms with Gasteiger partial charge in [-0.3, -0.25) is 9.59 Å². The highest BCUT2D eigenvalue weighted by Gasteiger charge is 2.19. The fourth-order valence-electron chi connectivity index (χ4n) is 2.30. The fourth-order valence-corrected chi connectivity index (χ4v) is 2.42. The predicted octanol–water partition coefficient (Wildman–Crippen LogP) is 3.10. The summed E-state index contributed by atoms with van der Waals surface area (Å²) in [4.78, 5) is 25.0. The van der Waals surface area contributed by atoms with E-state index in [1.165, 1.54) is 6.20 Å². The van der Waals surface area contributed by atoms with Gasteiger partial charge >= 0.3 is 5.97 Å². The third-order valence-electron chi connectivity index (χ3n) is 3.39. The smallest absolute Gasteiger partial charge is 0.305 e. The molecule has 1 amide bonds. The van der Waals surface area contributed by atoms with Crippen LogP contribution in [0, 0.1) is 5.92 Å². The molecular weight excluding hydrogens is 330 g/mol. The first-order valence-electron chi connectivity index (χ1n) is 7.68. The number of amides is 1. The number of hydrogen-bond donors (Lipinski definition) is 1. The van der Waals surface area contributed by atoms with Gasteiger partial charge in [-0.25, -0.2) is 4.68 Å². The minimum atomic E-state index is -0.923. The van der Waals surface area contributed by atoms with Gasteiger partial charge in [0, 0.05) is 24.3 Å². The van der Waals surface area contributed by atoms with E-state index in [1.54, 1.807) is 40.0 Å². The maximum absolute atomic E-state index is 12.7. The largest absolute Gasteiger partial charge is 0.481 e. The van der Waals surface area contributed by atoms with Crippen molar-refractivity contribution in [3.63, 3.8) is 0 Å². The summed E-state index contributed by atoms with van der Waals surface area (Å²) in [6.07, 6.45) is 3.05. The summed E-state index contributed by atoms with van der Waals surface area (Å²) in [7, 11) is 0. The number of hydrogen-bond acceptors (Lipinski definition) is 3. The fraction of sp³-hybridized carbons (Fsp3) is 0.353. The van der Waals surface area contributed by atoms with Crippen LogP contribution in [0.4, 0.5) is 0 Å². The molecule has 0 saturated heterocycles. The van der Waals surface area contributed by atoms with Crippen LogP contribution in [0.5, 0.6) is 0 Å². The minimum Gasteiger partial charge on any atom is -0.481 e. The molecule has 0 aliphatic rings. The molecule has 0 saturated carbocycles. The molecule has 2 aromatic rings. The molecule has 1 heterocycles. The van der Waals surface area contributed by atoms with Crippen LogP contribution < -0.4 is 0 Å². The highest BCUT2D eigenvalue weighted by molar-refractivity contribution is 6.30. The Morgan fingerprint density at radius 1 is 1.29 bits per heavy atom. The van der Waals surface area contributed by atoms with Crippen molar-refractivity contribution < 1.29 is 14.7 Å². The van der Waals surface area contributed by atoms with Gasteiger partial charge in [0.1, 0.15) is 0 Å². The van der Waals surface area contributed by atoms with Gasteiger partial charge in [0.05, 0.1) is 23.9 Å². The molecule has 6 nitrogen and oxygen atoms in total. The number of halogens is 1. The first kappa shape index (κ1) is 18.0.